The lowest BCUT2D eigenvalue weighted by molar-refractivity contribution is 0.432. The van der Waals surface area contributed by atoms with E-state index >= 15 is 0 Å². The van der Waals surface area contributed by atoms with Crippen LogP contribution in [0.5, 0.6) is 0 Å². The molecular weight excluding hydrogens is 166 g/mol. The Bertz CT molecular complexity index is 202. The standard InChI is InChI=1S/C6H9NOS2/c1-4-5(2)8-6(7-4)10-9-3/h1-3H3. The van der Waals surface area contributed by atoms with Crippen molar-refractivity contribution in [1.29, 1.82) is 0 Å². The van der Waals surface area contributed by atoms with Gasteiger partial charge in [-0.15, -0.1) is 0 Å². The molecule has 0 amide bonds. The third kappa shape index (κ3) is 1.70. The summed E-state index contributed by atoms with van der Waals surface area (Å²) >= 11 is 0. The molecule has 1 aromatic rings. The molecule has 0 aliphatic rings. The average Bonchev–Trinajstić information content (AvgIpc) is 2.14. The van der Waals surface area contributed by atoms with Crippen LogP contribution in [0.1, 0.15) is 11.5 Å². The Labute approximate surface area is 68.2 Å². The quantitative estimate of drug-likeness (QED) is 0.645. The predicted octanol–water partition coefficient (Wildman–Crippen LogP) is 2.66. The second-order valence-electron chi connectivity index (χ2n) is 1.87. The van der Waals surface area contributed by atoms with Crippen molar-refractivity contribution in [1.82, 2.24) is 4.98 Å². The summed E-state index contributed by atoms with van der Waals surface area (Å²) < 4.78 is 5.29. The Morgan fingerprint density at radius 2 is 2.10 bits per heavy atom. The van der Waals surface area contributed by atoms with Crippen molar-refractivity contribution in [3.05, 3.63) is 11.5 Å². The normalized spacial score (nSPS) is 10.3. The number of aromatic nitrogens is 1. The van der Waals surface area contributed by atoms with E-state index in [1.165, 1.54) is 0 Å². The largest absolute Gasteiger partial charge is 0.436 e. The highest BCUT2D eigenvalue weighted by Crippen LogP contribution is 2.28. The zero-order valence-electron chi connectivity index (χ0n) is 6.17. The summed E-state index contributed by atoms with van der Waals surface area (Å²) in [4.78, 5) is 4.18. The molecule has 0 radical (unpaired) electrons. The van der Waals surface area contributed by atoms with Crippen LogP contribution in [0.15, 0.2) is 9.64 Å². The SMILES string of the molecule is CSSc1nc(C)c(C)o1. The predicted molar refractivity (Wildman–Crippen MR) is 45.3 cm³/mol. The molecule has 0 atom stereocenters. The second-order valence-corrected chi connectivity index (χ2v) is 4.22. The number of hydrogen-bond acceptors (Lipinski definition) is 4. The molecule has 0 aromatic carbocycles. The highest BCUT2D eigenvalue weighted by Gasteiger charge is 2.03. The van der Waals surface area contributed by atoms with Gasteiger partial charge in [0, 0.05) is 10.8 Å². The first-order chi connectivity index (χ1) is 4.74. The van der Waals surface area contributed by atoms with Gasteiger partial charge in [0.05, 0.1) is 5.69 Å². The Kier molecular flexibility index (Phi) is 2.68. The lowest BCUT2D eigenvalue weighted by atomic mass is 10.4. The van der Waals surface area contributed by atoms with Crippen molar-refractivity contribution in [2.24, 2.45) is 0 Å². The molecule has 10 heavy (non-hydrogen) atoms. The highest BCUT2D eigenvalue weighted by molar-refractivity contribution is 8.76. The van der Waals surface area contributed by atoms with Crippen LogP contribution in [-0.2, 0) is 0 Å². The van der Waals surface area contributed by atoms with Gasteiger partial charge in [0.25, 0.3) is 5.22 Å². The van der Waals surface area contributed by atoms with Crippen molar-refractivity contribution in [3.63, 3.8) is 0 Å². The smallest absolute Gasteiger partial charge is 0.267 e. The molecular formula is C6H9NOS2. The summed E-state index contributed by atoms with van der Waals surface area (Å²) in [6, 6.07) is 0. The summed E-state index contributed by atoms with van der Waals surface area (Å²) in [5, 5.41) is 0.752. The Morgan fingerprint density at radius 3 is 2.50 bits per heavy atom. The monoisotopic (exact) mass is 175 g/mol. The number of nitrogens with zero attached hydrogens (tertiary/aromatic N) is 1. The third-order valence-electron chi connectivity index (χ3n) is 1.16. The number of aryl methyl sites for hydroxylation is 2. The molecule has 0 saturated carbocycles. The molecule has 4 heteroatoms. The van der Waals surface area contributed by atoms with Gasteiger partial charge in [0.2, 0.25) is 0 Å². The molecule has 0 bridgehead atoms. The van der Waals surface area contributed by atoms with Gasteiger partial charge in [-0.2, -0.15) is 0 Å². The van der Waals surface area contributed by atoms with E-state index in [9.17, 15) is 0 Å². The van der Waals surface area contributed by atoms with Crippen LogP contribution in [0.25, 0.3) is 0 Å². The molecule has 1 heterocycles. The lowest BCUT2D eigenvalue weighted by Crippen LogP contribution is -1.70. The van der Waals surface area contributed by atoms with Gasteiger partial charge in [-0.3, -0.25) is 0 Å². The minimum Gasteiger partial charge on any atom is -0.436 e. The second kappa shape index (κ2) is 3.34. The first-order valence-corrected chi connectivity index (χ1v) is 5.44. The van der Waals surface area contributed by atoms with Crippen LogP contribution < -0.4 is 0 Å². The summed E-state index contributed by atoms with van der Waals surface area (Å²) in [5.74, 6) is 0.913. The number of oxazole rings is 1. The first-order valence-electron chi connectivity index (χ1n) is 2.88. The van der Waals surface area contributed by atoms with E-state index in [0.29, 0.717) is 0 Å². The topological polar surface area (TPSA) is 26.0 Å². The van der Waals surface area contributed by atoms with Crippen molar-refractivity contribution in [2.45, 2.75) is 19.1 Å². The van der Waals surface area contributed by atoms with E-state index in [0.717, 1.165) is 16.7 Å². The molecule has 1 aromatic heterocycles. The minimum absolute atomic E-state index is 0.752. The molecule has 0 aliphatic carbocycles. The van der Waals surface area contributed by atoms with E-state index < -0.39 is 0 Å². The highest BCUT2D eigenvalue weighted by atomic mass is 33.1. The number of hydrogen-bond donors (Lipinski definition) is 0. The van der Waals surface area contributed by atoms with Crippen LogP contribution >= 0.6 is 21.6 Å². The van der Waals surface area contributed by atoms with Crippen LogP contribution in [-0.4, -0.2) is 11.2 Å². The van der Waals surface area contributed by atoms with Crippen LogP contribution in [0.3, 0.4) is 0 Å². The maximum absolute atomic E-state index is 5.29. The van der Waals surface area contributed by atoms with Gasteiger partial charge < -0.3 is 4.42 Å². The first kappa shape index (κ1) is 8.01. The van der Waals surface area contributed by atoms with Crippen molar-refractivity contribution < 1.29 is 4.42 Å². The maximum Gasteiger partial charge on any atom is 0.267 e. The van der Waals surface area contributed by atoms with E-state index in [1.54, 1.807) is 21.6 Å². The molecule has 56 valence electrons. The number of rotatable bonds is 2. The third-order valence-corrected chi connectivity index (χ3v) is 2.58. The summed E-state index contributed by atoms with van der Waals surface area (Å²) in [6.07, 6.45) is 2.00. The van der Waals surface area contributed by atoms with Gasteiger partial charge in [-0.25, -0.2) is 4.98 Å². The van der Waals surface area contributed by atoms with Crippen LogP contribution in [0, 0.1) is 13.8 Å². The molecule has 0 aliphatic heterocycles. The molecule has 1 rings (SSSR count). The fraction of sp³-hybridized carbons (Fsp3) is 0.500. The zero-order chi connectivity index (χ0) is 7.56. The summed E-state index contributed by atoms with van der Waals surface area (Å²) in [5.41, 5.74) is 0.983. The van der Waals surface area contributed by atoms with Crippen LogP contribution in [0.4, 0.5) is 0 Å². The zero-order valence-corrected chi connectivity index (χ0v) is 7.80. The van der Waals surface area contributed by atoms with E-state index in [4.69, 9.17) is 4.42 Å². The van der Waals surface area contributed by atoms with E-state index in [-0.39, 0.29) is 0 Å². The summed E-state index contributed by atoms with van der Waals surface area (Å²) in [7, 11) is 3.19. The fourth-order valence-electron chi connectivity index (χ4n) is 0.550. The van der Waals surface area contributed by atoms with Gasteiger partial charge >= 0.3 is 0 Å². The molecule has 0 N–H and O–H groups in total. The minimum atomic E-state index is 0.752. The molecule has 2 nitrogen and oxygen atoms in total. The van der Waals surface area contributed by atoms with Crippen molar-refractivity contribution >= 4 is 21.6 Å². The fourth-order valence-corrected chi connectivity index (χ4v) is 1.67. The molecule has 0 fully saturated rings. The van der Waals surface area contributed by atoms with Gasteiger partial charge in [-0.05, 0) is 20.1 Å². The Morgan fingerprint density at radius 1 is 1.40 bits per heavy atom. The van der Waals surface area contributed by atoms with E-state index in [2.05, 4.69) is 4.98 Å². The van der Waals surface area contributed by atoms with Crippen molar-refractivity contribution in [3.8, 4) is 0 Å². The van der Waals surface area contributed by atoms with Gasteiger partial charge in [0.15, 0.2) is 0 Å². The summed E-state index contributed by atoms with van der Waals surface area (Å²) in [6.45, 7) is 3.87. The van der Waals surface area contributed by atoms with Crippen molar-refractivity contribution in [2.75, 3.05) is 6.26 Å². The van der Waals surface area contributed by atoms with E-state index in [1.807, 2.05) is 20.1 Å². The lowest BCUT2D eigenvalue weighted by Gasteiger charge is -1.84. The molecule has 0 spiro atoms. The molecule has 0 saturated heterocycles. The average molecular weight is 175 g/mol. The Balaban J connectivity index is 2.77. The Hall–Kier alpha value is -0.0900. The van der Waals surface area contributed by atoms with Crippen LogP contribution in [0.2, 0.25) is 0 Å². The van der Waals surface area contributed by atoms with Gasteiger partial charge in [0.1, 0.15) is 5.76 Å². The van der Waals surface area contributed by atoms with Gasteiger partial charge in [-0.1, -0.05) is 10.8 Å². The maximum atomic E-state index is 5.29. The molecule has 0 unspecified atom stereocenters.